The van der Waals surface area contributed by atoms with Crippen LogP contribution in [-0.4, -0.2) is 57.9 Å². The van der Waals surface area contributed by atoms with Crippen LogP contribution in [0, 0.1) is 22.7 Å². The highest BCUT2D eigenvalue weighted by molar-refractivity contribution is 5.89. The fourth-order valence-corrected chi connectivity index (χ4v) is 5.21. The standard InChI is InChI=1S/C25H27F3N4O3/c1-34-16-24-14-31(23(33)30-19-4-3-5-21(10-19)35-2)9-8-18(24)13-32(15-24)20-7-6-17(12-29)22(11-20)25(26,27)28/h3-7,10-11,18H,8-9,13-16H2,1-2H3,(H,30,33)/t18-,24+/m1/s1. The highest BCUT2D eigenvalue weighted by Crippen LogP contribution is 2.45. The van der Waals surface area contributed by atoms with Gasteiger partial charge in [-0.25, -0.2) is 4.79 Å². The topological polar surface area (TPSA) is 77.8 Å². The van der Waals surface area contributed by atoms with E-state index in [4.69, 9.17) is 14.7 Å². The van der Waals surface area contributed by atoms with Crippen molar-refractivity contribution in [2.45, 2.75) is 12.6 Å². The highest BCUT2D eigenvalue weighted by Gasteiger charge is 2.51. The van der Waals surface area contributed by atoms with E-state index in [9.17, 15) is 18.0 Å². The molecule has 2 aliphatic heterocycles. The lowest BCUT2D eigenvalue weighted by Crippen LogP contribution is -2.53. The molecule has 0 saturated carbocycles. The smallest absolute Gasteiger partial charge is 0.417 e. The Hall–Kier alpha value is -3.45. The molecule has 0 aromatic heterocycles. The highest BCUT2D eigenvalue weighted by atomic mass is 19.4. The number of rotatable bonds is 5. The summed E-state index contributed by atoms with van der Waals surface area (Å²) in [6.45, 7) is 2.32. The lowest BCUT2D eigenvalue weighted by atomic mass is 9.74. The van der Waals surface area contributed by atoms with Crippen molar-refractivity contribution in [1.29, 1.82) is 5.26 Å². The maximum atomic E-state index is 13.5. The number of carbonyl (C=O) groups is 1. The summed E-state index contributed by atoms with van der Waals surface area (Å²) < 4.78 is 51.3. The van der Waals surface area contributed by atoms with Crippen LogP contribution in [0.1, 0.15) is 17.5 Å². The third kappa shape index (κ3) is 5.00. The summed E-state index contributed by atoms with van der Waals surface area (Å²) >= 11 is 0. The van der Waals surface area contributed by atoms with E-state index in [1.54, 1.807) is 55.5 Å². The van der Waals surface area contributed by atoms with Gasteiger partial charge < -0.3 is 24.6 Å². The van der Waals surface area contributed by atoms with Crippen LogP contribution < -0.4 is 15.0 Å². The summed E-state index contributed by atoms with van der Waals surface area (Å²) in [7, 11) is 3.14. The second kappa shape index (κ2) is 9.66. The molecule has 4 rings (SSSR count). The predicted molar refractivity (Wildman–Crippen MR) is 124 cm³/mol. The van der Waals surface area contributed by atoms with Crippen LogP contribution in [-0.2, 0) is 10.9 Å². The Morgan fingerprint density at radius 2 is 2.03 bits per heavy atom. The summed E-state index contributed by atoms with van der Waals surface area (Å²) in [5.74, 6) is 0.776. The number of alkyl halides is 3. The Bertz CT molecular complexity index is 1130. The van der Waals surface area contributed by atoms with E-state index in [0.29, 0.717) is 56.3 Å². The number of hydrogen-bond acceptors (Lipinski definition) is 5. The van der Waals surface area contributed by atoms with Crippen molar-refractivity contribution in [1.82, 2.24) is 4.90 Å². The van der Waals surface area contributed by atoms with Crippen molar-refractivity contribution in [3.8, 4) is 11.8 Å². The zero-order valence-corrected chi connectivity index (χ0v) is 19.6. The lowest BCUT2D eigenvalue weighted by molar-refractivity contribution is -0.137. The number of ether oxygens (including phenoxy) is 2. The maximum absolute atomic E-state index is 13.5. The zero-order chi connectivity index (χ0) is 25.2. The molecule has 2 atom stereocenters. The second-order valence-corrected chi connectivity index (χ2v) is 9.08. The molecule has 186 valence electrons. The fourth-order valence-electron chi connectivity index (χ4n) is 5.21. The molecule has 0 aliphatic carbocycles. The lowest BCUT2D eigenvalue weighted by Gasteiger charge is -2.43. The average Bonchev–Trinajstić information content (AvgIpc) is 3.22. The SMILES string of the molecule is COC[C@@]12CN(C(=O)Nc3cccc(OC)c3)CC[C@@H]1CN(c1ccc(C#N)c(C(F)(F)F)c1)C2. The number of hydrogen-bond donors (Lipinski definition) is 1. The van der Waals surface area contributed by atoms with Gasteiger partial charge in [-0.2, -0.15) is 18.4 Å². The van der Waals surface area contributed by atoms with Gasteiger partial charge in [0.05, 0.1) is 30.9 Å². The van der Waals surface area contributed by atoms with E-state index in [1.165, 1.54) is 6.07 Å². The molecule has 10 heteroatoms. The molecule has 7 nitrogen and oxygen atoms in total. The van der Waals surface area contributed by atoms with Crippen molar-refractivity contribution in [3.63, 3.8) is 0 Å². The molecule has 2 amide bonds. The van der Waals surface area contributed by atoms with Crippen LogP contribution in [0.3, 0.4) is 0 Å². The number of piperidine rings is 1. The number of halogens is 3. The van der Waals surface area contributed by atoms with Crippen LogP contribution in [0.5, 0.6) is 5.75 Å². The van der Waals surface area contributed by atoms with Crippen LogP contribution in [0.25, 0.3) is 0 Å². The Morgan fingerprint density at radius 1 is 1.23 bits per heavy atom. The first-order valence-electron chi connectivity index (χ1n) is 11.2. The molecular weight excluding hydrogens is 461 g/mol. The van der Waals surface area contributed by atoms with Crippen molar-refractivity contribution in [3.05, 3.63) is 53.6 Å². The Balaban J connectivity index is 1.54. The Morgan fingerprint density at radius 3 is 2.71 bits per heavy atom. The first-order chi connectivity index (χ1) is 16.7. The van der Waals surface area contributed by atoms with Gasteiger partial charge in [0.15, 0.2) is 0 Å². The van der Waals surface area contributed by atoms with Crippen molar-refractivity contribution in [2.75, 3.05) is 57.2 Å². The number of nitriles is 1. The number of methoxy groups -OCH3 is 2. The molecule has 2 heterocycles. The minimum Gasteiger partial charge on any atom is -0.497 e. The number of anilines is 2. The average molecular weight is 489 g/mol. The van der Waals surface area contributed by atoms with Crippen LogP contribution in [0.15, 0.2) is 42.5 Å². The molecule has 0 spiro atoms. The van der Waals surface area contributed by atoms with Gasteiger partial charge in [-0.3, -0.25) is 0 Å². The molecule has 0 bridgehead atoms. The van der Waals surface area contributed by atoms with Crippen molar-refractivity contribution in [2.24, 2.45) is 11.3 Å². The molecule has 2 aliphatic rings. The van der Waals surface area contributed by atoms with E-state index in [1.807, 2.05) is 4.90 Å². The van der Waals surface area contributed by atoms with E-state index < -0.39 is 22.7 Å². The third-order valence-corrected chi connectivity index (χ3v) is 6.90. The first-order valence-corrected chi connectivity index (χ1v) is 11.2. The molecule has 2 fully saturated rings. The van der Waals surface area contributed by atoms with E-state index in [2.05, 4.69) is 5.32 Å². The molecule has 0 radical (unpaired) electrons. The van der Waals surface area contributed by atoms with Gasteiger partial charge in [-0.1, -0.05) is 6.07 Å². The number of amides is 2. The van der Waals surface area contributed by atoms with Crippen LogP contribution in [0.2, 0.25) is 0 Å². The van der Waals surface area contributed by atoms with Gasteiger partial charge in [0.25, 0.3) is 0 Å². The minimum absolute atomic E-state index is 0.147. The number of likely N-dealkylation sites (tertiary alicyclic amines) is 1. The van der Waals surface area contributed by atoms with Crippen molar-refractivity contribution >= 4 is 17.4 Å². The minimum atomic E-state index is -4.62. The Labute approximate surface area is 202 Å². The summed E-state index contributed by atoms with van der Waals surface area (Å²) in [4.78, 5) is 16.7. The number of urea groups is 1. The van der Waals surface area contributed by atoms with Gasteiger partial charge in [0.1, 0.15) is 5.75 Å². The summed E-state index contributed by atoms with van der Waals surface area (Å²) in [5.41, 5.74) is -0.737. The monoisotopic (exact) mass is 488 g/mol. The fraction of sp³-hybridized carbons (Fsp3) is 0.440. The van der Waals surface area contributed by atoms with Gasteiger partial charge in [-0.05, 0) is 42.7 Å². The van der Waals surface area contributed by atoms with E-state index in [-0.39, 0.29) is 11.9 Å². The number of nitrogens with zero attached hydrogens (tertiary/aromatic N) is 3. The number of fused-ring (bicyclic) bond motifs is 1. The van der Waals surface area contributed by atoms with Gasteiger partial charge in [0, 0.05) is 56.1 Å². The number of nitrogens with one attached hydrogen (secondary N) is 1. The Kier molecular flexibility index (Phi) is 6.81. The third-order valence-electron chi connectivity index (χ3n) is 6.90. The molecular formula is C25H27F3N4O3. The molecule has 2 saturated heterocycles. The largest absolute Gasteiger partial charge is 0.497 e. The van der Waals surface area contributed by atoms with Crippen LogP contribution in [0.4, 0.5) is 29.3 Å². The van der Waals surface area contributed by atoms with Gasteiger partial charge in [0.2, 0.25) is 0 Å². The number of carbonyl (C=O) groups excluding carboxylic acids is 1. The normalized spacial score (nSPS) is 21.9. The van der Waals surface area contributed by atoms with E-state index in [0.717, 1.165) is 6.07 Å². The molecule has 35 heavy (non-hydrogen) atoms. The van der Waals surface area contributed by atoms with Crippen LogP contribution >= 0.6 is 0 Å². The van der Waals surface area contributed by atoms with E-state index >= 15 is 0 Å². The molecule has 2 aromatic rings. The summed E-state index contributed by atoms with van der Waals surface area (Å²) in [6, 6.07) is 12.3. The molecule has 1 N–H and O–H groups in total. The maximum Gasteiger partial charge on any atom is 0.417 e. The first kappa shape index (κ1) is 24.7. The quantitative estimate of drug-likeness (QED) is 0.666. The summed E-state index contributed by atoms with van der Waals surface area (Å²) in [6.07, 6.45) is -3.92. The molecule has 0 unspecified atom stereocenters. The molecule has 2 aromatic carbocycles. The second-order valence-electron chi connectivity index (χ2n) is 9.08. The number of benzene rings is 2. The van der Waals surface area contributed by atoms with Gasteiger partial charge in [-0.15, -0.1) is 0 Å². The predicted octanol–water partition coefficient (Wildman–Crippen LogP) is 4.59. The van der Waals surface area contributed by atoms with Gasteiger partial charge >= 0.3 is 12.2 Å². The summed E-state index contributed by atoms with van der Waals surface area (Å²) in [5, 5.41) is 12.0. The van der Waals surface area contributed by atoms with Crippen molar-refractivity contribution < 1.29 is 27.4 Å². The zero-order valence-electron chi connectivity index (χ0n) is 19.6.